The quantitative estimate of drug-likeness (QED) is 0.480. The van der Waals surface area contributed by atoms with E-state index in [9.17, 15) is 9.59 Å². The van der Waals surface area contributed by atoms with E-state index in [1.807, 2.05) is 0 Å². The fraction of sp³-hybridized carbons (Fsp3) is 0.455. The van der Waals surface area contributed by atoms with Crippen molar-refractivity contribution in [3.05, 3.63) is 24.4 Å². The van der Waals surface area contributed by atoms with E-state index in [0.29, 0.717) is 13.2 Å². The van der Waals surface area contributed by atoms with E-state index in [1.54, 1.807) is 0 Å². The molecule has 0 aliphatic rings. The fourth-order valence-electron chi connectivity index (χ4n) is 0.797. The standard InChI is InChI=1S/C11H17NO4/c1-3-4-7-16-8-5-6-10(13)12-9(2)11(14)15/h5-6H,2-4,7-8H2,1H3,(H,12,13)(H,14,15). The van der Waals surface area contributed by atoms with Gasteiger partial charge in [-0.2, -0.15) is 0 Å². The molecule has 0 unspecified atom stereocenters. The molecule has 0 spiro atoms. The molecule has 0 bridgehead atoms. The average molecular weight is 227 g/mol. The van der Waals surface area contributed by atoms with Gasteiger partial charge >= 0.3 is 5.97 Å². The van der Waals surface area contributed by atoms with Crippen molar-refractivity contribution in [2.24, 2.45) is 0 Å². The molecule has 0 aromatic carbocycles. The number of carbonyl (C=O) groups excluding carboxylic acids is 1. The molecule has 90 valence electrons. The molecule has 2 N–H and O–H groups in total. The monoisotopic (exact) mass is 227 g/mol. The lowest BCUT2D eigenvalue weighted by atomic mass is 10.4. The summed E-state index contributed by atoms with van der Waals surface area (Å²) in [6, 6.07) is 0. The van der Waals surface area contributed by atoms with Crippen LogP contribution in [0.5, 0.6) is 0 Å². The lowest BCUT2D eigenvalue weighted by Crippen LogP contribution is -2.24. The highest BCUT2D eigenvalue weighted by molar-refractivity contribution is 5.96. The Balaban J connectivity index is 3.67. The van der Waals surface area contributed by atoms with Crippen LogP contribution in [-0.2, 0) is 14.3 Å². The van der Waals surface area contributed by atoms with E-state index in [-0.39, 0.29) is 5.70 Å². The second kappa shape index (κ2) is 8.67. The van der Waals surface area contributed by atoms with Gasteiger partial charge in [-0.25, -0.2) is 4.79 Å². The van der Waals surface area contributed by atoms with Gasteiger partial charge in [0.25, 0.3) is 0 Å². The normalized spacial score (nSPS) is 10.3. The maximum Gasteiger partial charge on any atom is 0.351 e. The number of amides is 1. The Morgan fingerprint density at radius 1 is 1.50 bits per heavy atom. The van der Waals surface area contributed by atoms with Crippen LogP contribution in [0.1, 0.15) is 19.8 Å². The molecule has 0 fully saturated rings. The van der Waals surface area contributed by atoms with Gasteiger partial charge in [0, 0.05) is 12.7 Å². The van der Waals surface area contributed by atoms with E-state index in [0.717, 1.165) is 12.8 Å². The number of ether oxygens (including phenoxy) is 1. The first-order valence-electron chi connectivity index (χ1n) is 5.05. The summed E-state index contributed by atoms with van der Waals surface area (Å²) in [5.41, 5.74) is -0.346. The summed E-state index contributed by atoms with van der Waals surface area (Å²) in [7, 11) is 0. The number of carboxylic acid groups (broad SMARTS) is 1. The van der Waals surface area contributed by atoms with Crippen molar-refractivity contribution in [3.8, 4) is 0 Å². The highest BCUT2D eigenvalue weighted by Crippen LogP contribution is 1.89. The van der Waals surface area contributed by atoms with Gasteiger partial charge in [-0.15, -0.1) is 0 Å². The maximum absolute atomic E-state index is 11.1. The summed E-state index contributed by atoms with van der Waals surface area (Å²) in [4.78, 5) is 21.4. The summed E-state index contributed by atoms with van der Waals surface area (Å²) in [6.45, 7) is 6.22. The summed E-state index contributed by atoms with van der Waals surface area (Å²) in [5.74, 6) is -1.77. The number of nitrogens with one attached hydrogen (secondary N) is 1. The molecule has 0 aliphatic heterocycles. The minimum atomic E-state index is -1.25. The molecule has 1 amide bonds. The predicted molar refractivity (Wildman–Crippen MR) is 59.8 cm³/mol. The van der Waals surface area contributed by atoms with Crippen LogP contribution in [0.4, 0.5) is 0 Å². The topological polar surface area (TPSA) is 75.6 Å². The van der Waals surface area contributed by atoms with Gasteiger partial charge in [0.1, 0.15) is 5.70 Å². The summed E-state index contributed by atoms with van der Waals surface area (Å²) < 4.78 is 5.17. The molecule has 0 aromatic rings. The van der Waals surface area contributed by atoms with Crippen molar-refractivity contribution in [2.45, 2.75) is 19.8 Å². The number of carbonyl (C=O) groups is 2. The van der Waals surface area contributed by atoms with Crippen molar-refractivity contribution in [1.82, 2.24) is 5.32 Å². The Bertz CT molecular complexity index is 284. The van der Waals surface area contributed by atoms with E-state index in [4.69, 9.17) is 9.84 Å². The van der Waals surface area contributed by atoms with Gasteiger partial charge in [-0.3, -0.25) is 4.79 Å². The molecule has 0 radical (unpaired) electrons. The Kier molecular flexibility index (Phi) is 7.79. The maximum atomic E-state index is 11.1. The number of rotatable bonds is 8. The van der Waals surface area contributed by atoms with Crippen LogP contribution in [0.25, 0.3) is 0 Å². The Morgan fingerprint density at radius 3 is 2.75 bits per heavy atom. The lowest BCUT2D eigenvalue weighted by molar-refractivity contribution is -0.134. The zero-order valence-electron chi connectivity index (χ0n) is 9.36. The van der Waals surface area contributed by atoms with Gasteiger partial charge in [-0.1, -0.05) is 26.0 Å². The molecular formula is C11H17NO4. The van der Waals surface area contributed by atoms with Crippen LogP contribution in [0, 0.1) is 0 Å². The first-order valence-corrected chi connectivity index (χ1v) is 5.05. The minimum absolute atomic E-state index is 0.340. The molecule has 16 heavy (non-hydrogen) atoms. The molecule has 5 nitrogen and oxygen atoms in total. The largest absolute Gasteiger partial charge is 0.477 e. The second-order valence-corrected chi connectivity index (χ2v) is 3.10. The van der Waals surface area contributed by atoms with Gasteiger partial charge in [0.2, 0.25) is 5.91 Å². The molecular weight excluding hydrogens is 210 g/mol. The number of carboxylic acids is 1. The summed E-state index contributed by atoms with van der Waals surface area (Å²) >= 11 is 0. The second-order valence-electron chi connectivity index (χ2n) is 3.10. The first kappa shape index (κ1) is 14.4. The molecule has 0 saturated heterocycles. The number of hydrogen-bond donors (Lipinski definition) is 2. The van der Waals surface area contributed by atoms with E-state index in [2.05, 4.69) is 18.8 Å². The van der Waals surface area contributed by atoms with Crippen LogP contribution < -0.4 is 5.32 Å². The third-order valence-electron chi connectivity index (χ3n) is 1.66. The molecule has 5 heteroatoms. The van der Waals surface area contributed by atoms with Gasteiger partial charge < -0.3 is 15.2 Å². The fourth-order valence-corrected chi connectivity index (χ4v) is 0.797. The van der Waals surface area contributed by atoms with Crippen molar-refractivity contribution in [1.29, 1.82) is 0 Å². The van der Waals surface area contributed by atoms with Gasteiger partial charge in [-0.05, 0) is 6.42 Å². The SMILES string of the molecule is C=C(NC(=O)C=CCOCCCC)C(=O)O. The zero-order chi connectivity index (χ0) is 12.4. The van der Waals surface area contributed by atoms with Crippen molar-refractivity contribution in [2.75, 3.05) is 13.2 Å². The highest BCUT2D eigenvalue weighted by atomic mass is 16.5. The van der Waals surface area contributed by atoms with Crippen molar-refractivity contribution < 1.29 is 19.4 Å². The number of aliphatic carboxylic acids is 1. The van der Waals surface area contributed by atoms with Crippen molar-refractivity contribution >= 4 is 11.9 Å². The van der Waals surface area contributed by atoms with Crippen LogP contribution in [0.3, 0.4) is 0 Å². The smallest absolute Gasteiger partial charge is 0.351 e. The molecule has 0 aromatic heterocycles. The van der Waals surface area contributed by atoms with Crippen LogP contribution >= 0.6 is 0 Å². The Hall–Kier alpha value is -1.62. The van der Waals surface area contributed by atoms with Crippen LogP contribution in [0.2, 0.25) is 0 Å². The van der Waals surface area contributed by atoms with Gasteiger partial charge in [0.15, 0.2) is 0 Å². The third-order valence-corrected chi connectivity index (χ3v) is 1.66. The van der Waals surface area contributed by atoms with Crippen molar-refractivity contribution in [3.63, 3.8) is 0 Å². The van der Waals surface area contributed by atoms with E-state index < -0.39 is 11.9 Å². The minimum Gasteiger partial charge on any atom is -0.477 e. The zero-order valence-corrected chi connectivity index (χ0v) is 9.36. The van der Waals surface area contributed by atoms with Crippen LogP contribution in [0.15, 0.2) is 24.4 Å². The van der Waals surface area contributed by atoms with E-state index in [1.165, 1.54) is 12.2 Å². The Labute approximate surface area is 94.8 Å². The molecule has 0 aliphatic carbocycles. The Morgan fingerprint density at radius 2 is 2.19 bits per heavy atom. The highest BCUT2D eigenvalue weighted by Gasteiger charge is 2.05. The predicted octanol–water partition coefficient (Wildman–Crippen LogP) is 1.07. The van der Waals surface area contributed by atoms with E-state index >= 15 is 0 Å². The lowest BCUT2D eigenvalue weighted by Gasteiger charge is -2.00. The molecule has 0 heterocycles. The van der Waals surface area contributed by atoms with Gasteiger partial charge in [0.05, 0.1) is 6.61 Å². The van der Waals surface area contributed by atoms with Crippen LogP contribution in [-0.4, -0.2) is 30.2 Å². The third kappa shape index (κ3) is 7.75. The number of unbranched alkanes of at least 4 members (excludes halogenated alkanes) is 1. The molecule has 0 rings (SSSR count). The first-order chi connectivity index (χ1) is 7.57. The average Bonchev–Trinajstić information content (AvgIpc) is 2.23. The number of hydrogen-bond acceptors (Lipinski definition) is 3. The molecule has 0 atom stereocenters. The molecule has 0 saturated carbocycles. The summed E-state index contributed by atoms with van der Waals surface area (Å²) in [5, 5.41) is 10.5. The summed E-state index contributed by atoms with van der Waals surface area (Å²) in [6.07, 6.45) is 4.79.